The van der Waals surface area contributed by atoms with Crippen molar-refractivity contribution in [2.45, 2.75) is 47.0 Å². The van der Waals surface area contributed by atoms with Gasteiger partial charge in [0, 0.05) is 6.54 Å². The van der Waals surface area contributed by atoms with Crippen LogP contribution in [0.25, 0.3) is 0 Å². The number of carbonyl (C=O) groups excluding carboxylic acids is 1. The van der Waals surface area contributed by atoms with E-state index in [2.05, 4.69) is 32.6 Å². The highest BCUT2D eigenvalue weighted by atomic mass is 16.5. The fourth-order valence-corrected chi connectivity index (χ4v) is 1.43. The number of nitrogens with zero attached hydrogens (tertiary/aromatic N) is 1. The van der Waals surface area contributed by atoms with Crippen molar-refractivity contribution in [3.63, 3.8) is 0 Å². The molecule has 0 aliphatic rings. The van der Waals surface area contributed by atoms with Gasteiger partial charge in [0.05, 0.1) is 13.2 Å². The highest BCUT2D eigenvalue weighted by Gasteiger charge is 2.12. The molecule has 0 aromatic rings. The summed E-state index contributed by atoms with van der Waals surface area (Å²) in [4.78, 5) is 13.6. The number of unbranched alkanes of at least 4 members (excludes halogenated alkanes) is 1. The zero-order valence-electron chi connectivity index (χ0n) is 11.3. The molecule has 0 aromatic heterocycles. The van der Waals surface area contributed by atoms with Crippen molar-refractivity contribution in [1.82, 2.24) is 4.90 Å². The Balaban J connectivity index is 3.78. The van der Waals surface area contributed by atoms with Crippen LogP contribution in [0.5, 0.6) is 0 Å². The van der Waals surface area contributed by atoms with Crippen LogP contribution in [0.4, 0.5) is 0 Å². The molecule has 0 aromatic carbocycles. The molecule has 0 fully saturated rings. The number of hydrogen-bond acceptors (Lipinski definition) is 3. The Bertz CT molecular complexity index is 183. The van der Waals surface area contributed by atoms with Gasteiger partial charge in [-0.05, 0) is 18.9 Å². The predicted molar refractivity (Wildman–Crippen MR) is 67.4 cm³/mol. The maximum absolute atomic E-state index is 11.5. The standard InChI is InChI=1S/C13H27NO2/c1-5-8-9-16-13(15)11-14(7-3)10-12(4)6-2/h12H,5-11H2,1-4H3. The summed E-state index contributed by atoms with van der Waals surface area (Å²) in [7, 11) is 0. The van der Waals surface area contributed by atoms with Crippen molar-refractivity contribution in [1.29, 1.82) is 0 Å². The Morgan fingerprint density at radius 1 is 1.31 bits per heavy atom. The molecule has 0 amide bonds. The molecule has 0 aliphatic heterocycles. The van der Waals surface area contributed by atoms with Gasteiger partial charge in [-0.25, -0.2) is 0 Å². The van der Waals surface area contributed by atoms with Crippen LogP contribution in [-0.2, 0) is 9.53 Å². The van der Waals surface area contributed by atoms with Crippen LogP contribution in [0, 0.1) is 5.92 Å². The van der Waals surface area contributed by atoms with Gasteiger partial charge in [-0.1, -0.05) is 40.5 Å². The Kier molecular flexibility index (Phi) is 9.30. The first-order valence-corrected chi connectivity index (χ1v) is 6.51. The molecule has 0 aliphatic carbocycles. The van der Waals surface area contributed by atoms with Gasteiger partial charge < -0.3 is 4.74 Å². The first-order chi connectivity index (χ1) is 7.63. The second-order valence-electron chi connectivity index (χ2n) is 4.42. The van der Waals surface area contributed by atoms with E-state index >= 15 is 0 Å². The van der Waals surface area contributed by atoms with Crippen molar-refractivity contribution in [3.05, 3.63) is 0 Å². The average molecular weight is 229 g/mol. The van der Waals surface area contributed by atoms with Crippen molar-refractivity contribution in [2.75, 3.05) is 26.2 Å². The predicted octanol–water partition coefficient (Wildman–Crippen LogP) is 2.70. The molecule has 0 rings (SSSR count). The van der Waals surface area contributed by atoms with E-state index in [1.165, 1.54) is 0 Å². The first-order valence-electron chi connectivity index (χ1n) is 6.51. The van der Waals surface area contributed by atoms with E-state index in [-0.39, 0.29) is 5.97 Å². The summed E-state index contributed by atoms with van der Waals surface area (Å²) in [5, 5.41) is 0. The molecule has 3 heteroatoms. The number of hydrogen-bond donors (Lipinski definition) is 0. The fraction of sp³-hybridized carbons (Fsp3) is 0.923. The lowest BCUT2D eigenvalue weighted by Gasteiger charge is -2.22. The summed E-state index contributed by atoms with van der Waals surface area (Å²) in [6, 6.07) is 0. The zero-order chi connectivity index (χ0) is 12.4. The van der Waals surface area contributed by atoms with Gasteiger partial charge in [0.25, 0.3) is 0 Å². The number of esters is 1. The highest BCUT2D eigenvalue weighted by Crippen LogP contribution is 2.04. The average Bonchev–Trinajstić information content (AvgIpc) is 2.28. The quantitative estimate of drug-likeness (QED) is 0.450. The highest BCUT2D eigenvalue weighted by molar-refractivity contribution is 5.71. The van der Waals surface area contributed by atoms with Crippen molar-refractivity contribution in [3.8, 4) is 0 Å². The first kappa shape index (κ1) is 15.4. The van der Waals surface area contributed by atoms with Crippen LogP contribution < -0.4 is 0 Å². The Morgan fingerprint density at radius 2 is 2.00 bits per heavy atom. The van der Waals surface area contributed by atoms with Crippen molar-refractivity contribution >= 4 is 5.97 Å². The Hall–Kier alpha value is -0.570. The zero-order valence-corrected chi connectivity index (χ0v) is 11.3. The third-order valence-electron chi connectivity index (χ3n) is 2.83. The lowest BCUT2D eigenvalue weighted by atomic mass is 10.1. The van der Waals surface area contributed by atoms with Gasteiger partial charge in [-0.2, -0.15) is 0 Å². The number of carbonyl (C=O) groups is 1. The lowest BCUT2D eigenvalue weighted by Crippen LogP contribution is -2.34. The van der Waals surface area contributed by atoms with E-state index in [0.29, 0.717) is 19.1 Å². The maximum Gasteiger partial charge on any atom is 0.320 e. The van der Waals surface area contributed by atoms with E-state index in [1.807, 2.05) is 0 Å². The molecule has 0 N–H and O–H groups in total. The van der Waals surface area contributed by atoms with E-state index < -0.39 is 0 Å². The monoisotopic (exact) mass is 229 g/mol. The molecule has 3 nitrogen and oxygen atoms in total. The Morgan fingerprint density at radius 3 is 2.50 bits per heavy atom. The maximum atomic E-state index is 11.5. The molecule has 1 unspecified atom stereocenters. The van der Waals surface area contributed by atoms with Crippen LogP contribution in [0.15, 0.2) is 0 Å². The van der Waals surface area contributed by atoms with E-state index in [1.54, 1.807) is 0 Å². The SMILES string of the molecule is CCCCOC(=O)CN(CC)CC(C)CC. The van der Waals surface area contributed by atoms with Crippen LogP contribution in [0.3, 0.4) is 0 Å². The van der Waals surface area contributed by atoms with Crippen molar-refractivity contribution in [2.24, 2.45) is 5.92 Å². The molecular weight excluding hydrogens is 202 g/mol. The third kappa shape index (κ3) is 7.69. The summed E-state index contributed by atoms with van der Waals surface area (Å²) < 4.78 is 5.15. The third-order valence-corrected chi connectivity index (χ3v) is 2.83. The van der Waals surface area contributed by atoms with Crippen molar-refractivity contribution < 1.29 is 9.53 Å². The topological polar surface area (TPSA) is 29.5 Å². The molecule has 0 spiro atoms. The van der Waals surface area contributed by atoms with E-state index in [9.17, 15) is 4.79 Å². The summed E-state index contributed by atoms with van der Waals surface area (Å²) in [5.74, 6) is 0.557. The second kappa shape index (κ2) is 9.64. The smallest absolute Gasteiger partial charge is 0.320 e. The van der Waals surface area contributed by atoms with Crippen LogP contribution in [-0.4, -0.2) is 37.1 Å². The molecule has 0 saturated heterocycles. The summed E-state index contributed by atoms with van der Waals surface area (Å²) >= 11 is 0. The molecule has 0 radical (unpaired) electrons. The second-order valence-corrected chi connectivity index (χ2v) is 4.42. The van der Waals surface area contributed by atoms with Gasteiger partial charge in [0.15, 0.2) is 0 Å². The van der Waals surface area contributed by atoms with E-state index in [4.69, 9.17) is 4.74 Å². The molecule has 0 bridgehead atoms. The van der Waals surface area contributed by atoms with Gasteiger partial charge in [0.1, 0.15) is 0 Å². The molecule has 1 atom stereocenters. The van der Waals surface area contributed by atoms with Crippen LogP contribution in [0.2, 0.25) is 0 Å². The van der Waals surface area contributed by atoms with Gasteiger partial charge in [0.2, 0.25) is 0 Å². The summed E-state index contributed by atoms with van der Waals surface area (Å²) in [6.07, 6.45) is 3.18. The number of rotatable bonds is 9. The number of ether oxygens (including phenoxy) is 1. The molecule has 96 valence electrons. The van der Waals surface area contributed by atoms with Crippen LogP contribution in [0.1, 0.15) is 47.0 Å². The minimum Gasteiger partial charge on any atom is -0.465 e. The molecule has 0 saturated carbocycles. The number of likely N-dealkylation sites (N-methyl/N-ethyl adjacent to an activating group) is 1. The van der Waals surface area contributed by atoms with Gasteiger partial charge in [-0.3, -0.25) is 9.69 Å². The van der Waals surface area contributed by atoms with Crippen LogP contribution >= 0.6 is 0 Å². The Labute approximate surface area is 100 Å². The summed E-state index contributed by atoms with van der Waals surface area (Å²) in [6.45, 7) is 11.5. The normalized spacial score (nSPS) is 12.8. The fourth-order valence-electron chi connectivity index (χ4n) is 1.43. The molecule has 16 heavy (non-hydrogen) atoms. The lowest BCUT2D eigenvalue weighted by molar-refractivity contribution is -0.145. The molecule has 0 heterocycles. The molecular formula is C13H27NO2. The minimum atomic E-state index is -0.0846. The largest absolute Gasteiger partial charge is 0.465 e. The van der Waals surface area contributed by atoms with Gasteiger partial charge >= 0.3 is 5.97 Å². The van der Waals surface area contributed by atoms with E-state index in [0.717, 1.165) is 32.4 Å². The minimum absolute atomic E-state index is 0.0846. The van der Waals surface area contributed by atoms with Gasteiger partial charge in [-0.15, -0.1) is 0 Å². The summed E-state index contributed by atoms with van der Waals surface area (Å²) in [5.41, 5.74) is 0.